The Labute approximate surface area is 81.2 Å². The highest BCUT2D eigenvalue weighted by atomic mass is 16.3. The maximum absolute atomic E-state index is 9.56. The van der Waals surface area contributed by atoms with Gasteiger partial charge in [-0.1, -0.05) is 12.2 Å². The predicted molar refractivity (Wildman–Crippen MR) is 56.5 cm³/mol. The summed E-state index contributed by atoms with van der Waals surface area (Å²) in [6, 6.07) is 0. The molecule has 0 saturated heterocycles. The Morgan fingerprint density at radius 1 is 1.23 bits per heavy atom. The van der Waals surface area contributed by atoms with E-state index in [2.05, 4.69) is 13.2 Å². The monoisotopic (exact) mass is 180 g/mol. The normalized spacial score (nSPS) is 30.8. The largest absolute Gasteiger partial charge is 0.389 e. The van der Waals surface area contributed by atoms with Crippen molar-refractivity contribution >= 4 is 0 Å². The fraction of sp³-hybridized carbons (Fsp3) is 0.667. The van der Waals surface area contributed by atoms with Crippen molar-refractivity contribution in [3.63, 3.8) is 0 Å². The fourth-order valence-corrected chi connectivity index (χ4v) is 2.19. The molecular formula is C12H20O. The summed E-state index contributed by atoms with van der Waals surface area (Å²) < 4.78 is 0. The van der Waals surface area contributed by atoms with Crippen LogP contribution < -0.4 is 0 Å². The van der Waals surface area contributed by atoms with Crippen LogP contribution in [0, 0.1) is 11.8 Å². The molecule has 0 aromatic carbocycles. The first kappa shape index (κ1) is 10.5. The van der Waals surface area contributed by atoms with E-state index in [4.69, 9.17) is 0 Å². The highest BCUT2D eigenvalue weighted by Gasteiger charge is 2.23. The van der Waals surface area contributed by atoms with Gasteiger partial charge in [-0.05, 0) is 43.9 Å². The van der Waals surface area contributed by atoms with Crippen molar-refractivity contribution < 1.29 is 5.11 Å². The standard InChI is InChI=1S/C12H20O/c1-3-5-10-6-8-11(9-7-10)12(13)4-2/h3-4,10-13H,1-2,5-9H2. The SMILES string of the molecule is C=CCC1CCC(C(O)C=C)CC1. The lowest BCUT2D eigenvalue weighted by atomic mass is 9.78. The Morgan fingerprint density at radius 2 is 1.85 bits per heavy atom. The molecule has 0 aliphatic heterocycles. The molecular weight excluding hydrogens is 160 g/mol. The highest BCUT2D eigenvalue weighted by molar-refractivity contribution is 4.88. The van der Waals surface area contributed by atoms with Crippen LogP contribution in [0.5, 0.6) is 0 Å². The molecule has 1 N–H and O–H groups in total. The van der Waals surface area contributed by atoms with Crippen molar-refractivity contribution in [1.82, 2.24) is 0 Å². The Kier molecular flexibility index (Phi) is 4.23. The fourth-order valence-electron chi connectivity index (χ4n) is 2.19. The van der Waals surface area contributed by atoms with E-state index in [1.165, 1.54) is 12.8 Å². The molecule has 1 nitrogen and oxygen atoms in total. The third-order valence-corrected chi connectivity index (χ3v) is 3.12. The summed E-state index contributed by atoms with van der Waals surface area (Å²) in [5.41, 5.74) is 0. The third kappa shape index (κ3) is 3.00. The maximum Gasteiger partial charge on any atom is 0.0746 e. The van der Waals surface area contributed by atoms with Crippen LogP contribution in [0.2, 0.25) is 0 Å². The first-order valence-electron chi connectivity index (χ1n) is 5.19. The molecule has 1 fully saturated rings. The highest BCUT2D eigenvalue weighted by Crippen LogP contribution is 2.32. The minimum atomic E-state index is -0.287. The minimum Gasteiger partial charge on any atom is -0.389 e. The topological polar surface area (TPSA) is 20.2 Å². The van der Waals surface area contributed by atoms with Gasteiger partial charge in [-0.25, -0.2) is 0 Å². The second-order valence-electron chi connectivity index (χ2n) is 4.03. The van der Waals surface area contributed by atoms with Crippen LogP contribution in [0.4, 0.5) is 0 Å². The Bertz CT molecular complexity index is 166. The average Bonchev–Trinajstić information content (AvgIpc) is 2.18. The summed E-state index contributed by atoms with van der Waals surface area (Å²) in [5.74, 6) is 1.27. The lowest BCUT2D eigenvalue weighted by molar-refractivity contribution is 0.111. The quantitative estimate of drug-likeness (QED) is 0.659. The van der Waals surface area contributed by atoms with Crippen LogP contribution in [0.3, 0.4) is 0 Å². The number of hydrogen-bond acceptors (Lipinski definition) is 1. The number of aliphatic hydroxyl groups is 1. The van der Waals surface area contributed by atoms with Crippen LogP contribution in [-0.4, -0.2) is 11.2 Å². The van der Waals surface area contributed by atoms with Crippen LogP contribution >= 0.6 is 0 Å². The summed E-state index contributed by atoms with van der Waals surface area (Å²) in [7, 11) is 0. The molecule has 0 aromatic heterocycles. The molecule has 1 rings (SSSR count). The lowest BCUT2D eigenvalue weighted by Crippen LogP contribution is -2.23. The Morgan fingerprint density at radius 3 is 2.31 bits per heavy atom. The van der Waals surface area contributed by atoms with E-state index in [1.54, 1.807) is 6.08 Å². The van der Waals surface area contributed by atoms with E-state index in [1.807, 2.05) is 6.08 Å². The van der Waals surface area contributed by atoms with E-state index >= 15 is 0 Å². The molecule has 0 radical (unpaired) electrons. The first-order valence-corrected chi connectivity index (χ1v) is 5.19. The molecule has 74 valence electrons. The van der Waals surface area contributed by atoms with Gasteiger partial charge < -0.3 is 5.11 Å². The van der Waals surface area contributed by atoms with E-state index in [0.717, 1.165) is 25.2 Å². The second kappa shape index (κ2) is 5.23. The lowest BCUT2D eigenvalue weighted by Gasteiger charge is -2.29. The molecule has 1 aliphatic carbocycles. The number of allylic oxidation sites excluding steroid dienone is 1. The number of rotatable bonds is 4. The van der Waals surface area contributed by atoms with Crippen molar-refractivity contribution in [2.45, 2.75) is 38.2 Å². The summed E-state index contributed by atoms with van der Waals surface area (Å²) in [4.78, 5) is 0. The summed E-state index contributed by atoms with van der Waals surface area (Å²) in [6.07, 6.45) is 9.29. The van der Waals surface area contributed by atoms with Crippen molar-refractivity contribution in [3.8, 4) is 0 Å². The van der Waals surface area contributed by atoms with Crippen molar-refractivity contribution in [2.75, 3.05) is 0 Å². The molecule has 0 bridgehead atoms. The summed E-state index contributed by atoms with van der Waals surface area (Å²) in [5, 5.41) is 9.56. The molecule has 13 heavy (non-hydrogen) atoms. The van der Waals surface area contributed by atoms with Crippen molar-refractivity contribution in [3.05, 3.63) is 25.3 Å². The van der Waals surface area contributed by atoms with Gasteiger partial charge in [-0.2, -0.15) is 0 Å². The minimum absolute atomic E-state index is 0.287. The molecule has 0 aromatic rings. The zero-order valence-electron chi connectivity index (χ0n) is 8.28. The zero-order chi connectivity index (χ0) is 9.68. The number of aliphatic hydroxyl groups excluding tert-OH is 1. The summed E-state index contributed by atoms with van der Waals surface area (Å²) >= 11 is 0. The van der Waals surface area contributed by atoms with Crippen molar-refractivity contribution in [2.24, 2.45) is 11.8 Å². The average molecular weight is 180 g/mol. The molecule has 0 amide bonds. The summed E-state index contributed by atoms with van der Waals surface area (Å²) in [6.45, 7) is 7.38. The van der Waals surface area contributed by atoms with E-state index in [9.17, 15) is 5.11 Å². The molecule has 1 unspecified atom stereocenters. The molecule has 1 heteroatoms. The van der Waals surface area contributed by atoms with Gasteiger partial charge in [0, 0.05) is 0 Å². The van der Waals surface area contributed by atoms with Crippen LogP contribution in [0.25, 0.3) is 0 Å². The maximum atomic E-state index is 9.56. The molecule has 1 saturated carbocycles. The van der Waals surface area contributed by atoms with Gasteiger partial charge in [0.25, 0.3) is 0 Å². The Hall–Kier alpha value is -0.560. The molecule has 0 spiro atoms. The zero-order valence-corrected chi connectivity index (χ0v) is 8.28. The van der Waals surface area contributed by atoms with Crippen molar-refractivity contribution in [1.29, 1.82) is 0 Å². The van der Waals surface area contributed by atoms with E-state index < -0.39 is 0 Å². The van der Waals surface area contributed by atoms with Gasteiger partial charge in [-0.3, -0.25) is 0 Å². The van der Waals surface area contributed by atoms with Crippen LogP contribution in [-0.2, 0) is 0 Å². The first-order chi connectivity index (χ1) is 6.27. The van der Waals surface area contributed by atoms with Gasteiger partial charge in [-0.15, -0.1) is 13.2 Å². The van der Waals surface area contributed by atoms with Crippen LogP contribution in [0.15, 0.2) is 25.3 Å². The molecule has 1 atom stereocenters. The number of hydrogen-bond donors (Lipinski definition) is 1. The third-order valence-electron chi connectivity index (χ3n) is 3.12. The van der Waals surface area contributed by atoms with Gasteiger partial charge in [0.05, 0.1) is 6.10 Å². The van der Waals surface area contributed by atoms with E-state index in [0.29, 0.717) is 5.92 Å². The van der Waals surface area contributed by atoms with Gasteiger partial charge in [0.15, 0.2) is 0 Å². The molecule has 1 aliphatic rings. The van der Waals surface area contributed by atoms with Crippen LogP contribution in [0.1, 0.15) is 32.1 Å². The van der Waals surface area contributed by atoms with Gasteiger partial charge in [0.2, 0.25) is 0 Å². The predicted octanol–water partition coefficient (Wildman–Crippen LogP) is 2.92. The van der Waals surface area contributed by atoms with Gasteiger partial charge >= 0.3 is 0 Å². The smallest absolute Gasteiger partial charge is 0.0746 e. The molecule has 0 heterocycles. The second-order valence-corrected chi connectivity index (χ2v) is 4.03. The van der Waals surface area contributed by atoms with Gasteiger partial charge in [0.1, 0.15) is 0 Å². The Balaban J connectivity index is 2.29. The van der Waals surface area contributed by atoms with E-state index in [-0.39, 0.29) is 6.10 Å².